The van der Waals surface area contributed by atoms with Gasteiger partial charge in [-0.25, -0.2) is 0 Å². The first-order valence-electron chi connectivity index (χ1n) is 5.06. The monoisotopic (exact) mass is 188 g/mol. The standard InChI is InChI=1S/C10H24N2O/c1-5-9(6-2)12(4)7-10(3,11)8-13/h9,13H,5-8,11H2,1-4H3. The fourth-order valence-corrected chi connectivity index (χ4v) is 1.66. The summed E-state index contributed by atoms with van der Waals surface area (Å²) in [6, 6.07) is 0.578. The summed E-state index contributed by atoms with van der Waals surface area (Å²) in [5.74, 6) is 0. The minimum absolute atomic E-state index is 0.0392. The molecule has 0 aliphatic rings. The van der Waals surface area contributed by atoms with Gasteiger partial charge in [-0.2, -0.15) is 0 Å². The highest BCUT2D eigenvalue weighted by Crippen LogP contribution is 2.09. The van der Waals surface area contributed by atoms with Crippen LogP contribution in [0.2, 0.25) is 0 Å². The Morgan fingerprint density at radius 2 is 1.85 bits per heavy atom. The third kappa shape index (κ3) is 4.60. The number of hydrogen-bond donors (Lipinski definition) is 2. The average Bonchev–Trinajstić information content (AvgIpc) is 2.06. The van der Waals surface area contributed by atoms with Crippen LogP contribution in [0.1, 0.15) is 33.6 Å². The topological polar surface area (TPSA) is 49.5 Å². The molecule has 0 bridgehead atoms. The molecule has 0 aromatic carbocycles. The highest BCUT2D eigenvalue weighted by atomic mass is 16.3. The lowest BCUT2D eigenvalue weighted by molar-refractivity contribution is 0.133. The lowest BCUT2D eigenvalue weighted by atomic mass is 10.0. The lowest BCUT2D eigenvalue weighted by Gasteiger charge is -2.33. The van der Waals surface area contributed by atoms with Crippen LogP contribution in [-0.2, 0) is 0 Å². The summed E-state index contributed by atoms with van der Waals surface area (Å²) in [4.78, 5) is 2.23. The van der Waals surface area contributed by atoms with Gasteiger partial charge in [0.05, 0.1) is 6.61 Å². The summed E-state index contributed by atoms with van der Waals surface area (Å²) >= 11 is 0. The van der Waals surface area contributed by atoms with E-state index >= 15 is 0 Å². The Morgan fingerprint density at radius 1 is 1.38 bits per heavy atom. The molecule has 0 amide bonds. The Labute approximate surface area is 81.9 Å². The van der Waals surface area contributed by atoms with Gasteiger partial charge in [0.1, 0.15) is 0 Å². The van der Waals surface area contributed by atoms with Crippen molar-refractivity contribution in [2.45, 2.75) is 45.2 Å². The van der Waals surface area contributed by atoms with E-state index in [-0.39, 0.29) is 6.61 Å². The molecule has 0 heterocycles. The average molecular weight is 188 g/mol. The molecule has 3 heteroatoms. The summed E-state index contributed by atoms with van der Waals surface area (Å²) in [5, 5.41) is 9.02. The van der Waals surface area contributed by atoms with Gasteiger partial charge in [0, 0.05) is 18.1 Å². The van der Waals surface area contributed by atoms with Crippen LogP contribution >= 0.6 is 0 Å². The Morgan fingerprint density at radius 3 is 2.15 bits per heavy atom. The molecule has 0 saturated heterocycles. The van der Waals surface area contributed by atoms with Gasteiger partial charge in [0.25, 0.3) is 0 Å². The number of likely N-dealkylation sites (N-methyl/N-ethyl adjacent to an activating group) is 1. The molecular weight excluding hydrogens is 164 g/mol. The van der Waals surface area contributed by atoms with E-state index < -0.39 is 5.54 Å². The number of rotatable bonds is 6. The van der Waals surface area contributed by atoms with E-state index in [2.05, 4.69) is 25.8 Å². The molecular formula is C10H24N2O. The number of hydrogen-bond acceptors (Lipinski definition) is 3. The van der Waals surface area contributed by atoms with Gasteiger partial charge in [-0.05, 0) is 26.8 Å². The van der Waals surface area contributed by atoms with E-state index in [0.29, 0.717) is 6.04 Å². The molecule has 80 valence electrons. The van der Waals surface area contributed by atoms with E-state index in [1.807, 2.05) is 6.92 Å². The molecule has 0 saturated carbocycles. The summed E-state index contributed by atoms with van der Waals surface area (Å²) in [5.41, 5.74) is 5.40. The molecule has 3 N–H and O–H groups in total. The predicted octanol–water partition coefficient (Wildman–Crippen LogP) is 0.817. The molecule has 0 aliphatic carbocycles. The zero-order valence-corrected chi connectivity index (χ0v) is 9.38. The molecule has 0 radical (unpaired) electrons. The van der Waals surface area contributed by atoms with E-state index in [4.69, 9.17) is 10.8 Å². The third-order valence-corrected chi connectivity index (χ3v) is 2.54. The first-order chi connectivity index (χ1) is 5.96. The van der Waals surface area contributed by atoms with Crippen LogP contribution in [0, 0.1) is 0 Å². The quantitative estimate of drug-likeness (QED) is 0.649. The van der Waals surface area contributed by atoms with Gasteiger partial charge in [-0.3, -0.25) is 0 Å². The van der Waals surface area contributed by atoms with Crippen LogP contribution in [0.3, 0.4) is 0 Å². The Kier molecular flexibility index (Phi) is 5.53. The third-order valence-electron chi connectivity index (χ3n) is 2.54. The maximum Gasteiger partial charge on any atom is 0.0621 e. The van der Waals surface area contributed by atoms with Crippen molar-refractivity contribution in [3.8, 4) is 0 Å². The van der Waals surface area contributed by atoms with Crippen LogP contribution in [0.15, 0.2) is 0 Å². The number of nitrogens with zero attached hydrogens (tertiary/aromatic N) is 1. The van der Waals surface area contributed by atoms with Gasteiger partial charge < -0.3 is 15.7 Å². The largest absolute Gasteiger partial charge is 0.394 e. The summed E-state index contributed by atoms with van der Waals surface area (Å²) in [6.07, 6.45) is 2.27. The first-order valence-corrected chi connectivity index (χ1v) is 5.06. The van der Waals surface area contributed by atoms with Crippen molar-refractivity contribution in [2.75, 3.05) is 20.2 Å². The number of aliphatic hydroxyl groups is 1. The normalized spacial score (nSPS) is 16.6. The molecule has 1 atom stereocenters. The highest BCUT2D eigenvalue weighted by molar-refractivity contribution is 4.82. The van der Waals surface area contributed by atoms with Crippen molar-refractivity contribution >= 4 is 0 Å². The highest BCUT2D eigenvalue weighted by Gasteiger charge is 2.22. The van der Waals surface area contributed by atoms with Crippen molar-refractivity contribution in [3.05, 3.63) is 0 Å². The molecule has 0 fully saturated rings. The molecule has 0 aliphatic heterocycles. The molecule has 3 nitrogen and oxygen atoms in total. The maximum atomic E-state index is 9.02. The Bertz CT molecular complexity index is 133. The molecule has 0 spiro atoms. The summed E-state index contributed by atoms with van der Waals surface area (Å²) in [6.45, 7) is 7.02. The van der Waals surface area contributed by atoms with Crippen molar-refractivity contribution in [1.29, 1.82) is 0 Å². The maximum absolute atomic E-state index is 9.02. The Hall–Kier alpha value is -0.120. The fraction of sp³-hybridized carbons (Fsp3) is 1.00. The molecule has 0 aromatic heterocycles. The lowest BCUT2D eigenvalue weighted by Crippen LogP contribution is -2.51. The minimum atomic E-state index is -0.475. The molecule has 1 unspecified atom stereocenters. The van der Waals surface area contributed by atoms with Crippen LogP contribution in [0.25, 0.3) is 0 Å². The van der Waals surface area contributed by atoms with Gasteiger partial charge in [-0.1, -0.05) is 13.8 Å². The number of nitrogens with two attached hydrogens (primary N) is 1. The van der Waals surface area contributed by atoms with E-state index in [9.17, 15) is 0 Å². The van der Waals surface area contributed by atoms with Crippen molar-refractivity contribution in [1.82, 2.24) is 4.90 Å². The molecule has 0 aromatic rings. The van der Waals surface area contributed by atoms with Crippen LogP contribution < -0.4 is 5.73 Å². The van der Waals surface area contributed by atoms with Crippen molar-refractivity contribution in [2.24, 2.45) is 5.73 Å². The van der Waals surface area contributed by atoms with E-state index in [1.54, 1.807) is 0 Å². The molecule has 0 rings (SSSR count). The van der Waals surface area contributed by atoms with Gasteiger partial charge in [0.2, 0.25) is 0 Å². The van der Waals surface area contributed by atoms with Crippen LogP contribution in [-0.4, -0.2) is 41.8 Å². The zero-order valence-electron chi connectivity index (χ0n) is 9.38. The predicted molar refractivity (Wildman–Crippen MR) is 56.7 cm³/mol. The second kappa shape index (κ2) is 5.58. The second-order valence-electron chi connectivity index (χ2n) is 4.20. The summed E-state index contributed by atoms with van der Waals surface area (Å²) in [7, 11) is 2.07. The van der Waals surface area contributed by atoms with E-state index in [0.717, 1.165) is 19.4 Å². The van der Waals surface area contributed by atoms with Gasteiger partial charge >= 0.3 is 0 Å². The zero-order chi connectivity index (χ0) is 10.5. The SMILES string of the molecule is CCC(CC)N(C)CC(C)(N)CO. The van der Waals surface area contributed by atoms with E-state index in [1.165, 1.54) is 0 Å². The minimum Gasteiger partial charge on any atom is -0.394 e. The van der Waals surface area contributed by atoms with Crippen LogP contribution in [0.4, 0.5) is 0 Å². The first kappa shape index (κ1) is 12.9. The fourth-order valence-electron chi connectivity index (χ4n) is 1.66. The second-order valence-corrected chi connectivity index (χ2v) is 4.20. The van der Waals surface area contributed by atoms with Crippen molar-refractivity contribution in [3.63, 3.8) is 0 Å². The molecule has 13 heavy (non-hydrogen) atoms. The number of aliphatic hydroxyl groups excluding tert-OH is 1. The smallest absolute Gasteiger partial charge is 0.0621 e. The Balaban J connectivity index is 4.04. The van der Waals surface area contributed by atoms with Crippen LogP contribution in [0.5, 0.6) is 0 Å². The van der Waals surface area contributed by atoms with Gasteiger partial charge in [-0.15, -0.1) is 0 Å². The summed E-state index contributed by atoms with van der Waals surface area (Å²) < 4.78 is 0. The van der Waals surface area contributed by atoms with Crippen molar-refractivity contribution < 1.29 is 5.11 Å². The van der Waals surface area contributed by atoms with Gasteiger partial charge in [0.15, 0.2) is 0 Å².